The first kappa shape index (κ1) is 12.8. The van der Waals surface area contributed by atoms with Gasteiger partial charge in [0.05, 0.1) is 21.3 Å². The number of fused-ring (bicyclic) bond motifs is 1. The normalized spacial score (nSPS) is 24.9. The third-order valence-corrected chi connectivity index (χ3v) is 5.98. The summed E-state index contributed by atoms with van der Waals surface area (Å²) in [4.78, 5) is 4.42. The molecule has 0 spiro atoms. The van der Waals surface area contributed by atoms with Crippen LogP contribution in [0, 0.1) is 0 Å². The van der Waals surface area contributed by atoms with Gasteiger partial charge in [0, 0.05) is 23.6 Å². The van der Waals surface area contributed by atoms with E-state index >= 15 is 0 Å². The van der Waals surface area contributed by atoms with Gasteiger partial charge in [0.15, 0.2) is 9.84 Å². The summed E-state index contributed by atoms with van der Waals surface area (Å²) in [7, 11) is -3.27. The predicted molar refractivity (Wildman–Crippen MR) is 72.8 cm³/mol. The van der Waals surface area contributed by atoms with Gasteiger partial charge in [-0.25, -0.2) is 13.4 Å². The fourth-order valence-electron chi connectivity index (χ4n) is 2.44. The highest BCUT2D eigenvalue weighted by atomic mass is 32.2. The van der Waals surface area contributed by atoms with Crippen molar-refractivity contribution in [3.05, 3.63) is 46.4 Å². The maximum absolute atomic E-state index is 12.0. The van der Waals surface area contributed by atoms with Crippen molar-refractivity contribution in [3.63, 3.8) is 0 Å². The summed E-state index contributed by atoms with van der Waals surface area (Å²) in [6.45, 7) is 0. The van der Waals surface area contributed by atoms with E-state index in [2.05, 4.69) is 4.98 Å². The van der Waals surface area contributed by atoms with E-state index in [1.165, 1.54) is 11.3 Å². The molecule has 0 radical (unpaired) electrons. The smallest absolute Gasteiger partial charge is 0.178 e. The van der Waals surface area contributed by atoms with Crippen LogP contribution in [0.1, 0.15) is 17.0 Å². The molecule has 1 aliphatic heterocycles. The summed E-state index contributed by atoms with van der Waals surface area (Å²) in [5.74, 6) is -0.0219. The molecule has 0 amide bonds. The highest BCUT2D eigenvalue weighted by Gasteiger charge is 2.40. The van der Waals surface area contributed by atoms with Crippen molar-refractivity contribution in [2.24, 2.45) is 0 Å². The van der Waals surface area contributed by atoms with Crippen LogP contribution < -0.4 is 0 Å². The van der Waals surface area contributed by atoms with Crippen molar-refractivity contribution < 1.29 is 13.5 Å². The first-order chi connectivity index (χ1) is 9.01. The molecule has 19 heavy (non-hydrogen) atoms. The number of sulfone groups is 1. The second-order valence-electron chi connectivity index (χ2n) is 4.70. The van der Waals surface area contributed by atoms with E-state index in [4.69, 9.17) is 0 Å². The largest absolute Gasteiger partial charge is 0.385 e. The summed E-state index contributed by atoms with van der Waals surface area (Å²) < 4.78 is 24.1. The second-order valence-corrected chi connectivity index (χ2v) is 7.76. The van der Waals surface area contributed by atoms with Crippen molar-refractivity contribution >= 4 is 21.2 Å². The number of aliphatic hydroxyl groups is 1. The molecule has 1 aromatic heterocycles. The lowest BCUT2D eigenvalue weighted by Crippen LogP contribution is -2.37. The highest BCUT2D eigenvalue weighted by Crippen LogP contribution is 2.39. The maximum Gasteiger partial charge on any atom is 0.178 e. The van der Waals surface area contributed by atoms with Crippen molar-refractivity contribution in [1.29, 1.82) is 0 Å². The van der Waals surface area contributed by atoms with Crippen LogP contribution in [-0.4, -0.2) is 24.3 Å². The zero-order valence-corrected chi connectivity index (χ0v) is 11.7. The summed E-state index contributed by atoms with van der Waals surface area (Å²) in [6, 6.07) is 6.70. The highest BCUT2D eigenvalue weighted by molar-refractivity contribution is 7.91. The summed E-state index contributed by atoms with van der Waals surface area (Å²) in [5.41, 5.74) is -0.642. The molecular weight excluding hydrogens is 282 g/mol. The second kappa shape index (κ2) is 4.40. The van der Waals surface area contributed by atoms with Crippen LogP contribution >= 0.6 is 11.3 Å². The molecule has 100 valence electrons. The van der Waals surface area contributed by atoms with Crippen molar-refractivity contribution in [2.75, 3.05) is 5.75 Å². The van der Waals surface area contributed by atoms with Crippen LogP contribution in [0.15, 0.2) is 40.7 Å². The van der Waals surface area contributed by atoms with E-state index < -0.39 is 15.4 Å². The molecule has 1 N–H and O–H groups in total. The Bertz CT molecular complexity index is 694. The summed E-state index contributed by atoms with van der Waals surface area (Å²) in [5, 5.41) is 13.5. The predicted octanol–water partition coefficient (Wildman–Crippen LogP) is 1.75. The number of aromatic nitrogens is 1. The first-order valence-corrected chi connectivity index (χ1v) is 8.47. The Labute approximate surface area is 115 Å². The third kappa shape index (κ3) is 2.20. The Balaban J connectivity index is 2.09. The third-order valence-electron chi connectivity index (χ3n) is 3.43. The lowest BCUT2D eigenvalue weighted by molar-refractivity contribution is 0.0282. The topological polar surface area (TPSA) is 67.3 Å². The summed E-state index contributed by atoms with van der Waals surface area (Å²) in [6.07, 6.45) is 2.26. The number of hydrogen-bond acceptors (Lipinski definition) is 5. The van der Waals surface area contributed by atoms with Crippen LogP contribution in [0.2, 0.25) is 0 Å². The minimum Gasteiger partial charge on any atom is -0.385 e. The zero-order chi connectivity index (χ0) is 13.5. The SMILES string of the molecule is O=S1(=O)CCC(O)(Cc2nccs2)c2ccccc21. The van der Waals surface area contributed by atoms with Gasteiger partial charge < -0.3 is 5.11 Å². The van der Waals surface area contributed by atoms with Crippen LogP contribution in [-0.2, 0) is 21.9 Å². The molecule has 2 heterocycles. The Morgan fingerprint density at radius 3 is 2.89 bits per heavy atom. The lowest BCUT2D eigenvalue weighted by Gasteiger charge is -2.33. The van der Waals surface area contributed by atoms with Crippen molar-refractivity contribution in [2.45, 2.75) is 23.3 Å². The van der Waals surface area contributed by atoms with Gasteiger partial charge in [0.2, 0.25) is 0 Å². The van der Waals surface area contributed by atoms with E-state index in [-0.39, 0.29) is 17.1 Å². The van der Waals surface area contributed by atoms with Gasteiger partial charge in [0.25, 0.3) is 0 Å². The number of nitrogens with zero attached hydrogens (tertiary/aromatic N) is 1. The minimum atomic E-state index is -3.27. The van der Waals surface area contributed by atoms with Crippen LogP contribution in [0.5, 0.6) is 0 Å². The molecule has 2 aromatic rings. The quantitative estimate of drug-likeness (QED) is 0.916. The first-order valence-electron chi connectivity index (χ1n) is 5.94. The Morgan fingerprint density at radius 1 is 1.37 bits per heavy atom. The Kier molecular flexibility index (Phi) is 2.96. The van der Waals surface area contributed by atoms with Gasteiger partial charge >= 0.3 is 0 Å². The molecule has 1 aromatic carbocycles. The number of rotatable bonds is 2. The standard InChI is InChI=1S/C13H13NO3S2/c15-13(9-12-14-6-7-18-12)5-8-19(16,17)11-4-2-1-3-10(11)13/h1-4,6-7,15H,5,8-9H2. The minimum absolute atomic E-state index is 0.0219. The molecular formula is C13H13NO3S2. The molecule has 1 unspecified atom stereocenters. The molecule has 0 bridgehead atoms. The van der Waals surface area contributed by atoms with Gasteiger partial charge in [-0.1, -0.05) is 18.2 Å². The molecule has 1 atom stereocenters. The zero-order valence-electron chi connectivity index (χ0n) is 10.1. The van der Waals surface area contributed by atoms with E-state index in [9.17, 15) is 13.5 Å². The molecule has 4 nitrogen and oxygen atoms in total. The summed E-state index contributed by atoms with van der Waals surface area (Å²) >= 11 is 1.47. The van der Waals surface area contributed by atoms with E-state index in [0.717, 1.165) is 5.01 Å². The van der Waals surface area contributed by atoms with Gasteiger partial charge in [-0.15, -0.1) is 11.3 Å². The molecule has 3 rings (SSSR count). The number of benzene rings is 1. The molecule has 0 saturated carbocycles. The molecule has 1 aliphatic rings. The Morgan fingerprint density at radius 2 is 2.16 bits per heavy atom. The maximum atomic E-state index is 12.0. The lowest BCUT2D eigenvalue weighted by atomic mass is 9.87. The van der Waals surface area contributed by atoms with Crippen LogP contribution in [0.3, 0.4) is 0 Å². The molecule has 6 heteroatoms. The average Bonchev–Trinajstić information content (AvgIpc) is 2.88. The molecule has 0 aliphatic carbocycles. The van der Waals surface area contributed by atoms with Crippen LogP contribution in [0.4, 0.5) is 0 Å². The fourth-order valence-corrected chi connectivity index (χ4v) is 4.87. The number of thiazole rings is 1. The van der Waals surface area contributed by atoms with Gasteiger partial charge in [-0.3, -0.25) is 0 Å². The molecule has 0 saturated heterocycles. The van der Waals surface area contributed by atoms with Gasteiger partial charge in [-0.05, 0) is 12.5 Å². The van der Waals surface area contributed by atoms with E-state index in [1.54, 1.807) is 30.5 Å². The van der Waals surface area contributed by atoms with Gasteiger partial charge in [0.1, 0.15) is 0 Å². The number of hydrogen-bond donors (Lipinski definition) is 1. The van der Waals surface area contributed by atoms with Crippen molar-refractivity contribution in [3.8, 4) is 0 Å². The fraction of sp³-hybridized carbons (Fsp3) is 0.308. The van der Waals surface area contributed by atoms with Crippen molar-refractivity contribution in [1.82, 2.24) is 4.98 Å². The monoisotopic (exact) mass is 295 g/mol. The van der Waals surface area contributed by atoms with E-state index in [0.29, 0.717) is 12.0 Å². The molecule has 0 fully saturated rings. The average molecular weight is 295 g/mol. The Hall–Kier alpha value is -1.24. The van der Waals surface area contributed by atoms with Gasteiger partial charge in [-0.2, -0.15) is 0 Å². The van der Waals surface area contributed by atoms with E-state index in [1.807, 2.05) is 5.38 Å². The van der Waals surface area contributed by atoms with Crippen LogP contribution in [0.25, 0.3) is 0 Å².